The highest BCUT2D eigenvalue weighted by Crippen LogP contribution is 2.35. The number of hydrogen-bond donors (Lipinski definition) is 1. The number of amides is 1. The van der Waals surface area contributed by atoms with E-state index in [2.05, 4.69) is 4.72 Å². The van der Waals surface area contributed by atoms with Gasteiger partial charge in [0.05, 0.1) is 6.10 Å². The number of benzene rings is 1. The van der Waals surface area contributed by atoms with Crippen molar-refractivity contribution in [3.63, 3.8) is 0 Å². The quantitative estimate of drug-likeness (QED) is 0.779. The van der Waals surface area contributed by atoms with Gasteiger partial charge in [-0.3, -0.25) is 4.79 Å². The number of carbonyl (C=O) groups is 1. The van der Waals surface area contributed by atoms with E-state index < -0.39 is 10.0 Å². The van der Waals surface area contributed by atoms with Crippen molar-refractivity contribution in [2.45, 2.75) is 63.9 Å². The van der Waals surface area contributed by atoms with E-state index in [-0.39, 0.29) is 34.8 Å². The predicted octanol–water partition coefficient (Wildman–Crippen LogP) is 3.44. The number of hydrogen-bond acceptors (Lipinski definition) is 5. The molecule has 1 aromatic carbocycles. The van der Waals surface area contributed by atoms with Crippen LogP contribution in [0.4, 0.5) is 0 Å². The third kappa shape index (κ3) is 3.88. The zero-order valence-electron chi connectivity index (χ0n) is 17.9. The van der Waals surface area contributed by atoms with Crippen LogP contribution in [0.1, 0.15) is 59.3 Å². The lowest BCUT2D eigenvalue weighted by Crippen LogP contribution is -2.35. The first kappa shape index (κ1) is 21.3. The summed E-state index contributed by atoms with van der Waals surface area (Å²) in [6.45, 7) is 7.80. The van der Waals surface area contributed by atoms with Gasteiger partial charge in [-0.25, -0.2) is 13.1 Å². The van der Waals surface area contributed by atoms with E-state index in [1.54, 1.807) is 11.8 Å². The third-order valence-corrected chi connectivity index (χ3v) is 7.90. The first-order valence-corrected chi connectivity index (χ1v) is 12.2. The largest absolute Gasteiger partial charge is 0.449 e. The maximum absolute atomic E-state index is 13.2. The normalized spacial score (nSPS) is 20.2. The molecule has 1 aromatic heterocycles. The zero-order valence-corrected chi connectivity index (χ0v) is 18.7. The highest BCUT2D eigenvalue weighted by Gasteiger charge is 2.30. The van der Waals surface area contributed by atoms with Crippen LogP contribution in [0.2, 0.25) is 0 Å². The minimum absolute atomic E-state index is 0.102. The van der Waals surface area contributed by atoms with Crippen molar-refractivity contribution in [2.24, 2.45) is 0 Å². The van der Waals surface area contributed by atoms with E-state index in [1.807, 2.05) is 19.9 Å². The average Bonchev–Trinajstić information content (AvgIpc) is 3.36. The number of piperidine rings is 1. The molecule has 0 saturated carbocycles. The molecule has 0 bridgehead atoms. The number of nitrogens with zero attached hydrogens (tertiary/aromatic N) is 1. The summed E-state index contributed by atoms with van der Waals surface area (Å²) in [5.41, 5.74) is 2.43. The van der Waals surface area contributed by atoms with E-state index in [0.717, 1.165) is 37.7 Å². The highest BCUT2D eigenvalue weighted by molar-refractivity contribution is 7.89. The van der Waals surface area contributed by atoms with E-state index in [0.29, 0.717) is 36.2 Å². The number of likely N-dealkylation sites (tertiary alicyclic amines) is 1. The van der Waals surface area contributed by atoms with Crippen molar-refractivity contribution < 1.29 is 22.4 Å². The Bertz CT molecular complexity index is 1060. The second-order valence-electron chi connectivity index (χ2n) is 8.42. The number of aryl methyl sites for hydroxylation is 2. The lowest BCUT2D eigenvalue weighted by molar-refractivity contribution is 0.0693. The van der Waals surface area contributed by atoms with E-state index in [9.17, 15) is 13.2 Å². The highest BCUT2D eigenvalue weighted by atomic mass is 32.2. The molecular formula is C22H30N2O5S. The molecule has 0 spiro atoms. The summed E-state index contributed by atoms with van der Waals surface area (Å²) in [5, 5.41) is 0.677. The number of ether oxygens (including phenoxy) is 1. The number of furan rings is 1. The fourth-order valence-corrected chi connectivity index (χ4v) is 5.90. The molecule has 2 aliphatic rings. The molecular weight excluding hydrogens is 404 g/mol. The Morgan fingerprint density at radius 3 is 2.53 bits per heavy atom. The van der Waals surface area contributed by atoms with Crippen LogP contribution in [0.3, 0.4) is 0 Å². The molecule has 30 heavy (non-hydrogen) atoms. The van der Waals surface area contributed by atoms with Crippen molar-refractivity contribution in [3.8, 4) is 0 Å². The predicted molar refractivity (Wildman–Crippen MR) is 114 cm³/mol. The molecule has 1 amide bonds. The van der Waals surface area contributed by atoms with Gasteiger partial charge in [0.1, 0.15) is 4.90 Å². The molecule has 2 aliphatic heterocycles. The molecule has 0 aliphatic carbocycles. The smallest absolute Gasteiger partial charge is 0.289 e. The van der Waals surface area contributed by atoms with Crippen LogP contribution in [-0.2, 0) is 14.8 Å². The Labute approximate surface area is 177 Å². The minimum atomic E-state index is -3.83. The number of fused-ring (bicyclic) bond motifs is 1. The summed E-state index contributed by atoms with van der Waals surface area (Å²) in [7, 11) is -3.83. The summed E-state index contributed by atoms with van der Waals surface area (Å²) in [5.74, 6) is 0.0850. The summed E-state index contributed by atoms with van der Waals surface area (Å²) in [6, 6.07) is 1.91. The van der Waals surface area contributed by atoms with Crippen molar-refractivity contribution in [1.82, 2.24) is 9.62 Å². The molecule has 2 fully saturated rings. The second kappa shape index (κ2) is 8.32. The summed E-state index contributed by atoms with van der Waals surface area (Å²) in [6.07, 6.45) is 4.78. The van der Waals surface area contributed by atoms with Crippen molar-refractivity contribution in [3.05, 3.63) is 28.5 Å². The van der Waals surface area contributed by atoms with Gasteiger partial charge in [0.25, 0.3) is 5.91 Å². The molecule has 3 heterocycles. The number of carbonyl (C=O) groups excluding carboxylic acids is 1. The van der Waals surface area contributed by atoms with Crippen LogP contribution in [-0.4, -0.2) is 51.6 Å². The third-order valence-electron chi connectivity index (χ3n) is 6.32. The Hall–Kier alpha value is -1.90. The lowest BCUT2D eigenvalue weighted by atomic mass is 10.0. The Morgan fingerprint density at radius 1 is 1.13 bits per heavy atom. The van der Waals surface area contributed by atoms with Gasteiger partial charge in [-0.05, 0) is 70.1 Å². The van der Waals surface area contributed by atoms with Gasteiger partial charge in [0.15, 0.2) is 11.3 Å². The Balaban J connectivity index is 1.75. The van der Waals surface area contributed by atoms with Gasteiger partial charge in [0, 0.05) is 37.2 Å². The maximum Gasteiger partial charge on any atom is 0.289 e. The molecule has 8 heteroatoms. The SMILES string of the molecule is Cc1cc2c(C)c(C(=O)N3CCCCC3)oc2c(S(=O)(=O)NC[C@@H]2CCCO2)c1C. The van der Waals surface area contributed by atoms with Gasteiger partial charge in [-0.15, -0.1) is 0 Å². The van der Waals surface area contributed by atoms with Gasteiger partial charge < -0.3 is 14.1 Å². The molecule has 4 rings (SSSR count). The van der Waals surface area contributed by atoms with Gasteiger partial charge in [-0.1, -0.05) is 0 Å². The molecule has 2 saturated heterocycles. The second-order valence-corrected chi connectivity index (χ2v) is 10.1. The number of nitrogens with one attached hydrogen (secondary N) is 1. The standard InChI is InChI=1S/C22H30N2O5S/c1-14-12-18-16(3)19(22(25)24-9-5-4-6-10-24)29-20(18)21(15(14)2)30(26,27)23-13-17-8-7-11-28-17/h12,17,23H,4-11,13H2,1-3H3/t17-/m0/s1. The van der Waals surface area contributed by atoms with Crippen molar-refractivity contribution in [2.75, 3.05) is 26.2 Å². The number of rotatable bonds is 5. The van der Waals surface area contributed by atoms with Crippen LogP contribution in [0.5, 0.6) is 0 Å². The lowest BCUT2D eigenvalue weighted by Gasteiger charge is -2.25. The average molecular weight is 435 g/mol. The topological polar surface area (TPSA) is 88.9 Å². The van der Waals surface area contributed by atoms with Crippen LogP contribution < -0.4 is 4.72 Å². The monoisotopic (exact) mass is 434 g/mol. The summed E-state index contributed by atoms with van der Waals surface area (Å²) < 4.78 is 40.7. The van der Waals surface area contributed by atoms with Crippen LogP contribution in [0.25, 0.3) is 11.0 Å². The zero-order chi connectivity index (χ0) is 21.5. The molecule has 164 valence electrons. The molecule has 2 aromatic rings. The Kier molecular flexibility index (Phi) is 5.92. The van der Waals surface area contributed by atoms with E-state index in [4.69, 9.17) is 9.15 Å². The van der Waals surface area contributed by atoms with Crippen LogP contribution >= 0.6 is 0 Å². The molecule has 1 atom stereocenters. The fraction of sp³-hybridized carbons (Fsp3) is 0.591. The van der Waals surface area contributed by atoms with Crippen molar-refractivity contribution in [1.29, 1.82) is 0 Å². The summed E-state index contributed by atoms with van der Waals surface area (Å²) >= 11 is 0. The maximum atomic E-state index is 13.2. The number of sulfonamides is 1. The molecule has 1 N–H and O–H groups in total. The van der Waals surface area contributed by atoms with Crippen LogP contribution in [0, 0.1) is 20.8 Å². The fourth-order valence-electron chi connectivity index (χ4n) is 4.39. The van der Waals surface area contributed by atoms with Crippen LogP contribution in [0.15, 0.2) is 15.4 Å². The van der Waals surface area contributed by atoms with Gasteiger partial charge >= 0.3 is 0 Å². The van der Waals surface area contributed by atoms with E-state index in [1.165, 1.54) is 0 Å². The molecule has 0 radical (unpaired) electrons. The molecule has 0 unspecified atom stereocenters. The summed E-state index contributed by atoms with van der Waals surface area (Å²) in [4.78, 5) is 15.0. The van der Waals surface area contributed by atoms with Crippen molar-refractivity contribution >= 4 is 26.9 Å². The van der Waals surface area contributed by atoms with Gasteiger partial charge in [0.2, 0.25) is 10.0 Å². The molecule has 7 nitrogen and oxygen atoms in total. The Morgan fingerprint density at radius 2 is 1.87 bits per heavy atom. The minimum Gasteiger partial charge on any atom is -0.449 e. The van der Waals surface area contributed by atoms with Gasteiger partial charge in [-0.2, -0.15) is 0 Å². The first-order valence-electron chi connectivity index (χ1n) is 10.7. The first-order chi connectivity index (χ1) is 14.3. The van der Waals surface area contributed by atoms with E-state index >= 15 is 0 Å².